The standard InChI is InChI=1S/C10H14Cl2N2O/c1-14-8(12)6-13-10(14)9-7(5-11)3-2-4-15-9/h6-7,9H,2-5H2,1H3. The van der Waals surface area contributed by atoms with Gasteiger partial charge in [0, 0.05) is 25.5 Å². The highest BCUT2D eigenvalue weighted by molar-refractivity contribution is 6.29. The molecule has 0 bridgehead atoms. The predicted octanol–water partition coefficient (Wildman–Crippen LogP) is 2.78. The molecule has 1 aromatic heterocycles. The SMILES string of the molecule is Cn1c(Cl)cnc1C1OCCCC1CCl. The maximum absolute atomic E-state index is 5.95. The molecule has 2 atom stereocenters. The molecule has 0 spiro atoms. The van der Waals surface area contributed by atoms with Crippen LogP contribution in [0.3, 0.4) is 0 Å². The number of imidazole rings is 1. The van der Waals surface area contributed by atoms with Crippen LogP contribution in [0.1, 0.15) is 24.8 Å². The summed E-state index contributed by atoms with van der Waals surface area (Å²) in [5.74, 6) is 1.83. The minimum atomic E-state index is -0.00579. The fraction of sp³-hybridized carbons (Fsp3) is 0.700. The second kappa shape index (κ2) is 4.73. The van der Waals surface area contributed by atoms with Crippen LogP contribution in [0.15, 0.2) is 6.20 Å². The van der Waals surface area contributed by atoms with E-state index < -0.39 is 0 Å². The number of hydrogen-bond acceptors (Lipinski definition) is 2. The molecule has 0 aromatic carbocycles. The van der Waals surface area contributed by atoms with E-state index >= 15 is 0 Å². The topological polar surface area (TPSA) is 27.1 Å². The summed E-state index contributed by atoms with van der Waals surface area (Å²) < 4.78 is 7.59. The van der Waals surface area contributed by atoms with Crippen LogP contribution in [0.25, 0.3) is 0 Å². The zero-order valence-corrected chi connectivity index (χ0v) is 10.1. The first-order valence-electron chi connectivity index (χ1n) is 5.08. The number of halogens is 2. The molecule has 1 aromatic rings. The van der Waals surface area contributed by atoms with Crippen molar-refractivity contribution >= 4 is 23.2 Å². The van der Waals surface area contributed by atoms with Crippen LogP contribution in [0.5, 0.6) is 0 Å². The van der Waals surface area contributed by atoms with Crippen LogP contribution in [0.4, 0.5) is 0 Å². The smallest absolute Gasteiger partial charge is 0.139 e. The third-order valence-electron chi connectivity index (χ3n) is 2.86. The molecule has 2 rings (SSSR count). The molecule has 2 unspecified atom stereocenters. The zero-order chi connectivity index (χ0) is 10.8. The second-order valence-electron chi connectivity index (χ2n) is 3.85. The number of rotatable bonds is 2. The van der Waals surface area contributed by atoms with Crippen molar-refractivity contribution in [2.75, 3.05) is 12.5 Å². The summed E-state index contributed by atoms with van der Waals surface area (Å²) >= 11 is 11.9. The Morgan fingerprint density at radius 1 is 1.67 bits per heavy atom. The Morgan fingerprint density at radius 2 is 2.47 bits per heavy atom. The summed E-state index contributed by atoms with van der Waals surface area (Å²) in [6.07, 6.45) is 3.82. The van der Waals surface area contributed by atoms with Crippen molar-refractivity contribution in [1.82, 2.24) is 9.55 Å². The molecule has 84 valence electrons. The van der Waals surface area contributed by atoms with E-state index in [2.05, 4.69) is 4.98 Å². The van der Waals surface area contributed by atoms with Gasteiger partial charge in [0.2, 0.25) is 0 Å². The van der Waals surface area contributed by atoms with Gasteiger partial charge >= 0.3 is 0 Å². The number of alkyl halides is 1. The fourth-order valence-corrected chi connectivity index (χ4v) is 2.40. The monoisotopic (exact) mass is 248 g/mol. The molecule has 0 N–H and O–H groups in total. The molecular weight excluding hydrogens is 235 g/mol. The average molecular weight is 249 g/mol. The summed E-state index contributed by atoms with van der Waals surface area (Å²) in [7, 11) is 1.90. The second-order valence-corrected chi connectivity index (χ2v) is 4.54. The molecule has 5 heteroatoms. The van der Waals surface area contributed by atoms with Crippen molar-refractivity contribution in [2.24, 2.45) is 13.0 Å². The number of nitrogens with zero attached hydrogens (tertiary/aromatic N) is 2. The van der Waals surface area contributed by atoms with Gasteiger partial charge in [-0.2, -0.15) is 0 Å². The Bertz CT molecular complexity index is 340. The zero-order valence-electron chi connectivity index (χ0n) is 8.62. The summed E-state index contributed by atoms with van der Waals surface area (Å²) in [5, 5.41) is 0.632. The molecule has 0 amide bonds. The van der Waals surface area contributed by atoms with Crippen molar-refractivity contribution in [3.05, 3.63) is 17.2 Å². The van der Waals surface area contributed by atoms with Crippen LogP contribution in [-0.4, -0.2) is 22.0 Å². The minimum absolute atomic E-state index is 0.00579. The van der Waals surface area contributed by atoms with Gasteiger partial charge in [-0.3, -0.25) is 0 Å². The van der Waals surface area contributed by atoms with Crippen molar-refractivity contribution in [1.29, 1.82) is 0 Å². The third-order valence-corrected chi connectivity index (χ3v) is 3.61. The predicted molar refractivity (Wildman–Crippen MR) is 60.4 cm³/mol. The molecule has 1 aliphatic heterocycles. The maximum atomic E-state index is 5.95. The van der Waals surface area contributed by atoms with Crippen LogP contribution < -0.4 is 0 Å². The van der Waals surface area contributed by atoms with Crippen LogP contribution in [0.2, 0.25) is 5.15 Å². The highest BCUT2D eigenvalue weighted by Crippen LogP contribution is 2.34. The fourth-order valence-electron chi connectivity index (χ4n) is 1.95. The molecule has 3 nitrogen and oxygen atoms in total. The Hall–Kier alpha value is -0.250. The third kappa shape index (κ3) is 2.14. The van der Waals surface area contributed by atoms with Crippen molar-refractivity contribution in [3.63, 3.8) is 0 Å². The van der Waals surface area contributed by atoms with Crippen molar-refractivity contribution < 1.29 is 4.74 Å². The number of ether oxygens (including phenoxy) is 1. The molecule has 0 saturated carbocycles. The molecule has 2 heterocycles. The Balaban J connectivity index is 2.24. The lowest BCUT2D eigenvalue weighted by atomic mass is 9.95. The quantitative estimate of drug-likeness (QED) is 0.753. The summed E-state index contributed by atoms with van der Waals surface area (Å²) in [5.41, 5.74) is 0. The van der Waals surface area contributed by atoms with E-state index in [-0.39, 0.29) is 6.10 Å². The van der Waals surface area contributed by atoms with E-state index in [0.717, 1.165) is 25.3 Å². The van der Waals surface area contributed by atoms with Crippen LogP contribution in [0, 0.1) is 5.92 Å². The van der Waals surface area contributed by atoms with Gasteiger partial charge in [-0.15, -0.1) is 11.6 Å². The van der Waals surface area contributed by atoms with Crippen LogP contribution >= 0.6 is 23.2 Å². The van der Waals surface area contributed by atoms with E-state index in [1.54, 1.807) is 6.20 Å². The first-order chi connectivity index (χ1) is 7.24. The van der Waals surface area contributed by atoms with E-state index in [1.165, 1.54) is 0 Å². The van der Waals surface area contributed by atoms with E-state index in [0.29, 0.717) is 17.0 Å². The van der Waals surface area contributed by atoms with Crippen molar-refractivity contribution in [3.8, 4) is 0 Å². The maximum Gasteiger partial charge on any atom is 0.139 e. The number of aromatic nitrogens is 2. The van der Waals surface area contributed by atoms with Gasteiger partial charge in [0.15, 0.2) is 0 Å². The van der Waals surface area contributed by atoms with Gasteiger partial charge in [0.05, 0.1) is 6.20 Å². The van der Waals surface area contributed by atoms with Gasteiger partial charge in [-0.25, -0.2) is 4.98 Å². The summed E-state index contributed by atoms with van der Waals surface area (Å²) in [4.78, 5) is 4.28. The van der Waals surface area contributed by atoms with Gasteiger partial charge < -0.3 is 9.30 Å². The molecule has 15 heavy (non-hydrogen) atoms. The van der Waals surface area contributed by atoms with Crippen molar-refractivity contribution in [2.45, 2.75) is 18.9 Å². The van der Waals surface area contributed by atoms with Gasteiger partial charge in [0.25, 0.3) is 0 Å². The largest absolute Gasteiger partial charge is 0.370 e. The Kier molecular flexibility index (Phi) is 3.54. The van der Waals surface area contributed by atoms with E-state index in [4.69, 9.17) is 27.9 Å². The van der Waals surface area contributed by atoms with Gasteiger partial charge in [-0.1, -0.05) is 11.6 Å². The average Bonchev–Trinajstić information content (AvgIpc) is 2.60. The van der Waals surface area contributed by atoms with Gasteiger partial charge in [0.1, 0.15) is 17.1 Å². The molecule has 0 aliphatic carbocycles. The lowest BCUT2D eigenvalue weighted by Crippen LogP contribution is -2.26. The highest BCUT2D eigenvalue weighted by atomic mass is 35.5. The summed E-state index contributed by atoms with van der Waals surface area (Å²) in [6.45, 7) is 0.780. The normalized spacial score (nSPS) is 26.9. The van der Waals surface area contributed by atoms with E-state index in [9.17, 15) is 0 Å². The molecular formula is C10H14Cl2N2O. The lowest BCUT2D eigenvalue weighted by molar-refractivity contribution is -0.0275. The first kappa shape index (κ1) is 11.2. The Morgan fingerprint density at radius 3 is 3.07 bits per heavy atom. The lowest BCUT2D eigenvalue weighted by Gasteiger charge is -2.29. The molecule has 0 radical (unpaired) electrons. The van der Waals surface area contributed by atoms with Gasteiger partial charge in [-0.05, 0) is 12.8 Å². The molecule has 1 aliphatic rings. The van der Waals surface area contributed by atoms with Crippen LogP contribution in [-0.2, 0) is 11.8 Å². The first-order valence-corrected chi connectivity index (χ1v) is 6.00. The summed E-state index contributed by atoms with van der Waals surface area (Å²) in [6, 6.07) is 0. The Labute approximate surface area is 99.3 Å². The van der Waals surface area contributed by atoms with E-state index in [1.807, 2.05) is 11.6 Å². The molecule has 1 fully saturated rings. The highest BCUT2D eigenvalue weighted by Gasteiger charge is 2.30. The number of hydrogen-bond donors (Lipinski definition) is 0. The molecule has 1 saturated heterocycles. The minimum Gasteiger partial charge on any atom is -0.370 e.